The van der Waals surface area contributed by atoms with Crippen molar-refractivity contribution in [3.05, 3.63) is 11.3 Å². The predicted molar refractivity (Wildman–Crippen MR) is 93.8 cm³/mol. The summed E-state index contributed by atoms with van der Waals surface area (Å²) in [6.07, 6.45) is -2.00. The lowest BCUT2D eigenvalue weighted by Crippen LogP contribution is -2.61. The Kier molecular flexibility index (Phi) is 3.94. The Labute approximate surface area is 158 Å². The van der Waals surface area contributed by atoms with Crippen LogP contribution in [0.1, 0.15) is 65.7 Å². The van der Waals surface area contributed by atoms with Crippen LogP contribution in [0, 0.1) is 34.5 Å². The van der Waals surface area contributed by atoms with Crippen LogP contribution in [0.3, 0.4) is 0 Å². The largest absolute Gasteiger partial charge is 0.504 e. The van der Waals surface area contributed by atoms with Gasteiger partial charge in [0.05, 0.1) is 0 Å². The number of alkyl halides is 3. The van der Waals surface area contributed by atoms with Gasteiger partial charge in [0.1, 0.15) is 0 Å². The summed E-state index contributed by atoms with van der Waals surface area (Å²) in [5.74, 6) is -0.168. The Morgan fingerprint density at radius 3 is 2.33 bits per heavy atom. The Hall–Kier alpha value is -1.04. The molecule has 2 N–H and O–H groups in total. The smallest absolute Gasteiger partial charge is 0.417 e. The second kappa shape index (κ2) is 5.52. The van der Waals surface area contributed by atoms with E-state index in [9.17, 15) is 28.2 Å². The van der Waals surface area contributed by atoms with Crippen LogP contribution in [0.2, 0.25) is 0 Å². The molecule has 0 heterocycles. The topological polar surface area (TPSA) is 57.5 Å². The van der Waals surface area contributed by atoms with Gasteiger partial charge in [-0.1, -0.05) is 20.8 Å². The highest BCUT2D eigenvalue weighted by molar-refractivity contribution is 5.95. The summed E-state index contributed by atoms with van der Waals surface area (Å²) in [6, 6.07) is 0. The molecule has 4 rings (SSSR count). The van der Waals surface area contributed by atoms with Gasteiger partial charge in [-0.15, -0.1) is 0 Å². The summed E-state index contributed by atoms with van der Waals surface area (Å²) < 4.78 is 41.4. The molecule has 0 radical (unpaired) electrons. The summed E-state index contributed by atoms with van der Waals surface area (Å²) in [5, 5.41) is 21.1. The minimum atomic E-state index is -4.62. The fourth-order valence-electron chi connectivity index (χ4n) is 7.49. The Morgan fingerprint density at radius 2 is 1.70 bits per heavy atom. The lowest BCUT2D eigenvalue weighted by molar-refractivity contribution is -0.304. The number of Topliss-reactive ketones (excluding diaryl/α,β-unsaturated/α-hetero) is 1. The van der Waals surface area contributed by atoms with Gasteiger partial charge in [0.15, 0.2) is 17.1 Å². The first-order valence-electron chi connectivity index (χ1n) is 10.1. The molecule has 3 fully saturated rings. The minimum Gasteiger partial charge on any atom is -0.504 e. The molecule has 7 atom stereocenters. The fraction of sp³-hybridized carbons (Fsp3) is 0.857. The van der Waals surface area contributed by atoms with E-state index in [2.05, 4.69) is 6.92 Å². The highest BCUT2D eigenvalue weighted by Crippen LogP contribution is 2.70. The molecule has 3 unspecified atom stereocenters. The number of carbonyl (C=O) groups excluding carboxylic acids is 1. The van der Waals surface area contributed by atoms with Crippen molar-refractivity contribution in [1.29, 1.82) is 0 Å². The van der Waals surface area contributed by atoms with Gasteiger partial charge in [-0.05, 0) is 73.2 Å². The second-order valence-corrected chi connectivity index (χ2v) is 9.99. The Balaban J connectivity index is 1.76. The average molecular weight is 386 g/mol. The van der Waals surface area contributed by atoms with Crippen LogP contribution >= 0.6 is 0 Å². The zero-order chi connectivity index (χ0) is 20.0. The average Bonchev–Trinajstić information content (AvgIpc) is 2.86. The van der Waals surface area contributed by atoms with Crippen molar-refractivity contribution in [2.45, 2.75) is 77.5 Å². The predicted octanol–water partition coefficient (Wildman–Crippen LogP) is 4.94. The van der Waals surface area contributed by atoms with Crippen LogP contribution in [0.25, 0.3) is 0 Å². The maximum Gasteiger partial charge on any atom is 0.417 e. The molecule has 4 aliphatic rings. The van der Waals surface area contributed by atoms with Gasteiger partial charge in [-0.25, -0.2) is 0 Å². The number of rotatable bonds is 0. The first kappa shape index (κ1) is 19.3. The number of hydrogen-bond acceptors (Lipinski definition) is 3. The zero-order valence-electron chi connectivity index (χ0n) is 16.2. The molecule has 27 heavy (non-hydrogen) atoms. The van der Waals surface area contributed by atoms with Gasteiger partial charge in [0.25, 0.3) is 0 Å². The van der Waals surface area contributed by atoms with Crippen LogP contribution in [-0.4, -0.2) is 27.8 Å². The van der Waals surface area contributed by atoms with Crippen molar-refractivity contribution in [3.63, 3.8) is 0 Å². The molecule has 0 aliphatic heterocycles. The number of aliphatic hydroxyl groups is 2. The van der Waals surface area contributed by atoms with E-state index in [1.807, 2.05) is 6.92 Å². The molecule has 0 aromatic carbocycles. The van der Waals surface area contributed by atoms with Crippen molar-refractivity contribution in [2.75, 3.05) is 0 Å². The molecule has 0 bridgehead atoms. The van der Waals surface area contributed by atoms with Crippen molar-refractivity contribution in [1.82, 2.24) is 0 Å². The quantitative estimate of drug-likeness (QED) is 0.620. The zero-order valence-corrected chi connectivity index (χ0v) is 16.2. The lowest BCUT2D eigenvalue weighted by Gasteiger charge is -2.61. The van der Waals surface area contributed by atoms with Crippen LogP contribution in [0.5, 0.6) is 0 Å². The fourth-order valence-corrected chi connectivity index (χ4v) is 7.49. The highest BCUT2D eigenvalue weighted by Gasteiger charge is 2.73. The van der Waals surface area contributed by atoms with Crippen LogP contribution in [0.4, 0.5) is 13.2 Å². The maximum atomic E-state index is 13.8. The summed E-state index contributed by atoms with van der Waals surface area (Å²) in [5.41, 5.74) is -3.28. The normalized spacial score (nSPS) is 50.3. The molecule has 0 aromatic heterocycles. The van der Waals surface area contributed by atoms with Crippen LogP contribution in [0.15, 0.2) is 11.3 Å². The number of fused-ring (bicyclic) bond motifs is 5. The second-order valence-electron chi connectivity index (χ2n) is 9.99. The van der Waals surface area contributed by atoms with Crippen LogP contribution < -0.4 is 0 Å². The van der Waals surface area contributed by atoms with Crippen molar-refractivity contribution < 1.29 is 28.2 Å². The number of halogens is 3. The number of hydrogen-bond donors (Lipinski definition) is 2. The van der Waals surface area contributed by atoms with Crippen molar-refractivity contribution in [2.24, 2.45) is 34.5 Å². The Bertz CT molecular complexity index is 714. The molecule has 0 saturated heterocycles. The molecule has 3 saturated carbocycles. The van der Waals surface area contributed by atoms with Gasteiger partial charge in [-0.3, -0.25) is 4.79 Å². The molecule has 152 valence electrons. The summed E-state index contributed by atoms with van der Waals surface area (Å²) >= 11 is 0. The lowest BCUT2D eigenvalue weighted by atomic mass is 9.44. The van der Waals surface area contributed by atoms with E-state index < -0.39 is 17.2 Å². The molecule has 0 aromatic rings. The third-order valence-corrected chi connectivity index (χ3v) is 9.07. The standard InChI is InChI=1S/C21H29F3O3/c1-11-10-14-17(26)15(25)6-7-18(14,2)12-4-8-19(3)13(16(11)12)5-9-20(19,27)21(22,23)24/h11-13,16,26-27H,4-10H2,1-3H3/t11-,12?,13?,16?,18+,19-,20-/m0/s1. The third kappa shape index (κ3) is 2.22. The van der Waals surface area contributed by atoms with Gasteiger partial charge < -0.3 is 10.2 Å². The molecular formula is C21H29F3O3. The SMILES string of the molecule is C[C@H]1CC2=C(O)C(=O)CC[C@]2(C)C2CC[C@@]3(C)C(CC[C@@]3(O)C(F)(F)F)C21. The first-order valence-corrected chi connectivity index (χ1v) is 10.1. The molecular weight excluding hydrogens is 357 g/mol. The first-order chi connectivity index (χ1) is 12.4. The minimum absolute atomic E-state index is 0.0786. The third-order valence-electron chi connectivity index (χ3n) is 9.07. The number of carbonyl (C=O) groups is 1. The number of aliphatic hydroxyl groups excluding tert-OH is 1. The molecule has 4 aliphatic carbocycles. The molecule has 6 heteroatoms. The van der Waals surface area contributed by atoms with E-state index in [4.69, 9.17) is 0 Å². The molecule has 0 spiro atoms. The van der Waals surface area contributed by atoms with Gasteiger partial charge in [0.2, 0.25) is 0 Å². The van der Waals surface area contributed by atoms with E-state index in [1.54, 1.807) is 6.92 Å². The summed E-state index contributed by atoms with van der Waals surface area (Å²) in [4.78, 5) is 12.0. The van der Waals surface area contributed by atoms with E-state index in [-0.39, 0.29) is 47.0 Å². The highest BCUT2D eigenvalue weighted by atomic mass is 19.4. The molecule has 3 nitrogen and oxygen atoms in total. The maximum absolute atomic E-state index is 13.8. The van der Waals surface area contributed by atoms with Crippen molar-refractivity contribution in [3.8, 4) is 0 Å². The van der Waals surface area contributed by atoms with Crippen LogP contribution in [-0.2, 0) is 4.79 Å². The van der Waals surface area contributed by atoms with Gasteiger partial charge in [0, 0.05) is 11.8 Å². The Morgan fingerprint density at radius 1 is 1.07 bits per heavy atom. The van der Waals surface area contributed by atoms with Gasteiger partial charge >= 0.3 is 6.18 Å². The van der Waals surface area contributed by atoms with Crippen molar-refractivity contribution >= 4 is 5.78 Å². The number of allylic oxidation sites excluding steroid dienone is 1. The molecule has 0 amide bonds. The monoisotopic (exact) mass is 386 g/mol. The van der Waals surface area contributed by atoms with E-state index in [0.717, 1.165) is 5.57 Å². The van der Waals surface area contributed by atoms with E-state index >= 15 is 0 Å². The summed E-state index contributed by atoms with van der Waals surface area (Å²) in [7, 11) is 0. The van der Waals surface area contributed by atoms with E-state index in [1.165, 1.54) is 0 Å². The number of ketones is 1. The van der Waals surface area contributed by atoms with E-state index in [0.29, 0.717) is 38.5 Å². The summed E-state index contributed by atoms with van der Waals surface area (Å²) in [6.45, 7) is 5.76. The van der Waals surface area contributed by atoms with Gasteiger partial charge in [-0.2, -0.15) is 13.2 Å².